The molecule has 1 unspecified atom stereocenters. The maximum Gasteiger partial charge on any atom is 0.271 e. The number of non-ortho nitro benzene ring substituents is 1. The van der Waals surface area contributed by atoms with Crippen LogP contribution in [0.3, 0.4) is 0 Å². The van der Waals surface area contributed by atoms with Gasteiger partial charge in [0.05, 0.1) is 15.5 Å². The molecule has 0 aliphatic carbocycles. The molecule has 3 aromatic rings. The van der Waals surface area contributed by atoms with Crippen molar-refractivity contribution in [1.29, 1.82) is 0 Å². The Morgan fingerprint density at radius 2 is 1.71 bits per heavy atom. The van der Waals surface area contributed by atoms with Crippen molar-refractivity contribution in [2.45, 2.75) is 50.6 Å². The number of amides is 2. The van der Waals surface area contributed by atoms with Crippen LogP contribution in [0.4, 0.5) is 11.4 Å². The Morgan fingerprint density at radius 3 is 2.33 bits per heavy atom. The highest BCUT2D eigenvalue weighted by Gasteiger charge is 2.34. The lowest BCUT2D eigenvalue weighted by Crippen LogP contribution is -2.52. The highest BCUT2D eigenvalue weighted by molar-refractivity contribution is 7.92. The number of benzene rings is 3. The van der Waals surface area contributed by atoms with Gasteiger partial charge in [0.1, 0.15) is 12.6 Å². The number of nitrogens with one attached hydrogen (secondary N) is 1. The SMILES string of the molecule is CCCCNC(=O)C(CC)N(Cc1ccc(Cl)cc1Cl)C(=O)CN(c1cccc([N+](=O)[O-])c1)S(=O)(=O)c1ccccc1. The van der Waals surface area contributed by atoms with Crippen LogP contribution in [0.5, 0.6) is 0 Å². The van der Waals surface area contributed by atoms with Gasteiger partial charge in [-0.05, 0) is 48.7 Å². The van der Waals surface area contributed by atoms with E-state index in [4.69, 9.17) is 23.2 Å². The first-order valence-electron chi connectivity index (χ1n) is 13.3. The summed E-state index contributed by atoms with van der Waals surface area (Å²) in [6, 6.07) is 16.2. The molecule has 1 N–H and O–H groups in total. The number of rotatable bonds is 14. The summed E-state index contributed by atoms with van der Waals surface area (Å²) >= 11 is 12.5. The van der Waals surface area contributed by atoms with Crippen LogP contribution in [0.15, 0.2) is 77.7 Å². The highest BCUT2D eigenvalue weighted by Crippen LogP contribution is 2.28. The van der Waals surface area contributed by atoms with E-state index in [9.17, 15) is 28.1 Å². The molecular formula is C29H32Cl2N4O6S. The fraction of sp³-hybridized carbons (Fsp3) is 0.310. The molecule has 0 fully saturated rings. The number of carbonyl (C=O) groups excluding carboxylic acids is 2. The summed E-state index contributed by atoms with van der Waals surface area (Å²) in [6.45, 7) is 3.30. The van der Waals surface area contributed by atoms with Crippen molar-refractivity contribution < 1.29 is 22.9 Å². The van der Waals surface area contributed by atoms with E-state index in [0.29, 0.717) is 17.1 Å². The topological polar surface area (TPSA) is 130 Å². The maximum atomic E-state index is 14.1. The Kier molecular flexibility index (Phi) is 11.7. The standard InChI is InChI=1S/C29H32Cl2N4O6S/c1-3-5-16-32-29(37)27(4-2)33(19-21-14-15-22(30)17-26(21)31)28(36)20-34(23-10-9-11-24(18-23)35(38)39)42(40,41)25-12-7-6-8-13-25/h6-15,17-18,27H,3-5,16,19-20H2,1-2H3,(H,32,37). The van der Waals surface area contributed by atoms with E-state index in [1.165, 1.54) is 53.4 Å². The van der Waals surface area contributed by atoms with Crippen molar-refractivity contribution in [2.75, 3.05) is 17.4 Å². The van der Waals surface area contributed by atoms with Gasteiger partial charge < -0.3 is 10.2 Å². The van der Waals surface area contributed by atoms with Gasteiger partial charge in [0, 0.05) is 35.3 Å². The van der Waals surface area contributed by atoms with Crippen LogP contribution < -0.4 is 9.62 Å². The molecule has 1 atom stereocenters. The first kappa shape index (κ1) is 32.8. The second kappa shape index (κ2) is 15.0. The molecule has 0 saturated heterocycles. The Bertz CT molecular complexity index is 1520. The molecule has 0 aliphatic rings. The molecule has 224 valence electrons. The molecule has 13 heteroatoms. The molecule has 3 aromatic carbocycles. The second-order valence-corrected chi connectivity index (χ2v) is 12.1. The van der Waals surface area contributed by atoms with Gasteiger partial charge in [0.2, 0.25) is 11.8 Å². The van der Waals surface area contributed by atoms with Gasteiger partial charge in [-0.1, -0.05) is 73.8 Å². The molecule has 0 radical (unpaired) electrons. The Balaban J connectivity index is 2.09. The third-order valence-corrected chi connectivity index (χ3v) is 8.88. The van der Waals surface area contributed by atoms with Crippen molar-refractivity contribution in [3.63, 3.8) is 0 Å². The van der Waals surface area contributed by atoms with E-state index >= 15 is 0 Å². The van der Waals surface area contributed by atoms with Gasteiger partial charge in [-0.25, -0.2) is 8.42 Å². The summed E-state index contributed by atoms with van der Waals surface area (Å²) in [5.74, 6) is -1.10. The quantitative estimate of drug-likeness (QED) is 0.135. The molecule has 0 spiro atoms. The fourth-order valence-electron chi connectivity index (χ4n) is 4.27. The minimum atomic E-state index is -4.36. The molecule has 0 saturated carbocycles. The summed E-state index contributed by atoms with van der Waals surface area (Å²) in [7, 11) is -4.36. The zero-order valence-electron chi connectivity index (χ0n) is 23.2. The lowest BCUT2D eigenvalue weighted by Gasteiger charge is -2.33. The van der Waals surface area contributed by atoms with Gasteiger partial charge in [-0.3, -0.25) is 24.0 Å². The van der Waals surface area contributed by atoms with Gasteiger partial charge in [0.15, 0.2) is 0 Å². The van der Waals surface area contributed by atoms with E-state index < -0.39 is 39.3 Å². The number of hydrogen-bond donors (Lipinski definition) is 1. The van der Waals surface area contributed by atoms with Crippen LogP contribution in [-0.2, 0) is 26.2 Å². The smallest absolute Gasteiger partial charge is 0.271 e. The average Bonchev–Trinajstić information content (AvgIpc) is 2.97. The Morgan fingerprint density at radius 1 is 1.00 bits per heavy atom. The molecular weight excluding hydrogens is 603 g/mol. The van der Waals surface area contributed by atoms with Crippen molar-refractivity contribution in [3.8, 4) is 0 Å². The minimum Gasteiger partial charge on any atom is -0.354 e. The van der Waals surface area contributed by atoms with Crippen LogP contribution in [-0.4, -0.2) is 49.2 Å². The van der Waals surface area contributed by atoms with E-state index in [0.717, 1.165) is 23.2 Å². The molecule has 0 aliphatic heterocycles. The first-order valence-corrected chi connectivity index (χ1v) is 15.5. The number of halogens is 2. The predicted octanol–water partition coefficient (Wildman–Crippen LogP) is 5.82. The van der Waals surface area contributed by atoms with Crippen molar-refractivity contribution >= 4 is 56.4 Å². The third-order valence-electron chi connectivity index (χ3n) is 6.51. The molecule has 10 nitrogen and oxygen atoms in total. The Labute approximate surface area is 255 Å². The second-order valence-electron chi connectivity index (χ2n) is 9.43. The lowest BCUT2D eigenvalue weighted by molar-refractivity contribution is -0.384. The van der Waals surface area contributed by atoms with E-state index in [1.54, 1.807) is 25.1 Å². The van der Waals surface area contributed by atoms with E-state index in [1.807, 2.05) is 6.92 Å². The van der Waals surface area contributed by atoms with Gasteiger partial charge in [-0.15, -0.1) is 0 Å². The number of anilines is 1. The van der Waals surface area contributed by atoms with Crippen LogP contribution in [0.2, 0.25) is 10.0 Å². The summed E-state index contributed by atoms with van der Waals surface area (Å²) in [5.41, 5.74) is 0.0770. The Hall–Kier alpha value is -3.67. The number of carbonyl (C=O) groups is 2. The first-order chi connectivity index (χ1) is 20.0. The summed E-state index contributed by atoms with van der Waals surface area (Å²) in [5, 5.41) is 15.0. The van der Waals surface area contributed by atoms with Crippen LogP contribution >= 0.6 is 23.2 Å². The number of nitro groups is 1. The number of hydrogen-bond acceptors (Lipinski definition) is 6. The van der Waals surface area contributed by atoms with Gasteiger partial charge in [-0.2, -0.15) is 0 Å². The third kappa shape index (κ3) is 8.21. The summed E-state index contributed by atoms with van der Waals surface area (Å²) in [4.78, 5) is 39.3. The summed E-state index contributed by atoms with van der Waals surface area (Å²) < 4.78 is 28.5. The zero-order chi connectivity index (χ0) is 30.9. The molecule has 42 heavy (non-hydrogen) atoms. The zero-order valence-corrected chi connectivity index (χ0v) is 25.5. The normalized spacial score (nSPS) is 11.9. The van der Waals surface area contributed by atoms with Crippen LogP contribution in [0.25, 0.3) is 0 Å². The fourth-order valence-corrected chi connectivity index (χ4v) is 6.16. The number of nitro benzene ring substituents is 1. The number of nitrogens with zero attached hydrogens (tertiary/aromatic N) is 3. The van der Waals surface area contributed by atoms with Crippen LogP contribution in [0, 0.1) is 10.1 Å². The van der Waals surface area contributed by atoms with Crippen molar-refractivity contribution in [1.82, 2.24) is 10.2 Å². The summed E-state index contributed by atoms with van der Waals surface area (Å²) in [6.07, 6.45) is 1.84. The molecule has 3 rings (SSSR count). The predicted molar refractivity (Wildman–Crippen MR) is 163 cm³/mol. The molecule has 0 heterocycles. The lowest BCUT2D eigenvalue weighted by atomic mass is 10.1. The largest absolute Gasteiger partial charge is 0.354 e. The van der Waals surface area contributed by atoms with Crippen molar-refractivity contribution in [2.24, 2.45) is 0 Å². The van der Waals surface area contributed by atoms with Gasteiger partial charge in [0.25, 0.3) is 15.7 Å². The number of unbranched alkanes of at least 4 members (excludes halogenated alkanes) is 1. The molecule has 2 amide bonds. The van der Waals surface area contributed by atoms with Crippen molar-refractivity contribution in [3.05, 3.63) is 98.5 Å². The average molecular weight is 636 g/mol. The van der Waals surface area contributed by atoms with Crippen LogP contribution in [0.1, 0.15) is 38.7 Å². The maximum absolute atomic E-state index is 14.1. The number of sulfonamides is 1. The minimum absolute atomic E-state index is 0.0775. The van der Waals surface area contributed by atoms with Gasteiger partial charge >= 0.3 is 0 Å². The van der Waals surface area contributed by atoms with E-state index in [-0.39, 0.29) is 34.3 Å². The van der Waals surface area contributed by atoms with E-state index in [2.05, 4.69) is 5.32 Å². The monoisotopic (exact) mass is 634 g/mol. The highest BCUT2D eigenvalue weighted by atomic mass is 35.5. The molecule has 0 aromatic heterocycles. The molecule has 0 bridgehead atoms.